The molecule has 9 nitrogen and oxygen atoms in total. The molecule has 1 aromatic heterocycles. The third-order valence-electron chi connectivity index (χ3n) is 5.66. The van der Waals surface area contributed by atoms with E-state index < -0.39 is 0 Å². The normalized spacial score (nSPS) is 21.2. The second kappa shape index (κ2) is 9.94. The van der Waals surface area contributed by atoms with E-state index in [9.17, 15) is 9.18 Å². The number of benzene rings is 1. The predicted molar refractivity (Wildman–Crippen MR) is 105 cm³/mol. The molecule has 2 fully saturated rings. The lowest BCUT2D eigenvalue weighted by atomic mass is 10.0. The maximum atomic E-state index is 13.0. The smallest absolute Gasteiger partial charge is 0.248 e. The fourth-order valence-electron chi connectivity index (χ4n) is 4.01. The maximum Gasteiger partial charge on any atom is 0.248 e. The Hall–Kier alpha value is -2.59. The van der Waals surface area contributed by atoms with Crippen molar-refractivity contribution in [2.24, 2.45) is 0 Å². The van der Waals surface area contributed by atoms with Crippen molar-refractivity contribution < 1.29 is 18.7 Å². The van der Waals surface area contributed by atoms with Gasteiger partial charge in [0.15, 0.2) is 0 Å². The molecule has 0 spiro atoms. The first kappa shape index (κ1) is 20.7. The molecule has 162 valence electrons. The van der Waals surface area contributed by atoms with Gasteiger partial charge in [0.25, 0.3) is 0 Å². The molecule has 1 atom stereocenters. The standard InChI is InChI=1S/C20H27FN6O3/c21-16-2-4-18(5-3-16)29-13-19-12-27(20(28)14-30-19)17-6-10-25(11-7-17)8-1-9-26-15-22-23-24-26/h2-5,15,17,19H,1,6-14H2/t19-/m0/s1. The van der Waals surface area contributed by atoms with Gasteiger partial charge in [0.2, 0.25) is 5.91 Å². The first-order valence-electron chi connectivity index (χ1n) is 10.4. The van der Waals surface area contributed by atoms with E-state index in [0.717, 1.165) is 45.4 Å². The summed E-state index contributed by atoms with van der Waals surface area (Å²) in [7, 11) is 0. The average molecular weight is 418 g/mol. The van der Waals surface area contributed by atoms with Crippen molar-refractivity contribution in [2.75, 3.05) is 39.4 Å². The summed E-state index contributed by atoms with van der Waals surface area (Å²) in [5.41, 5.74) is 0. The van der Waals surface area contributed by atoms with Gasteiger partial charge in [0.1, 0.15) is 37.2 Å². The van der Waals surface area contributed by atoms with Crippen LogP contribution in [0.3, 0.4) is 0 Å². The van der Waals surface area contributed by atoms with Crippen LogP contribution in [0.4, 0.5) is 4.39 Å². The minimum atomic E-state index is -0.296. The van der Waals surface area contributed by atoms with Gasteiger partial charge in [-0.25, -0.2) is 9.07 Å². The Morgan fingerprint density at radius 3 is 2.70 bits per heavy atom. The van der Waals surface area contributed by atoms with E-state index >= 15 is 0 Å². The van der Waals surface area contributed by atoms with Crippen LogP contribution in [0.25, 0.3) is 0 Å². The molecule has 1 amide bonds. The van der Waals surface area contributed by atoms with Gasteiger partial charge < -0.3 is 19.3 Å². The van der Waals surface area contributed by atoms with Crippen molar-refractivity contribution in [1.82, 2.24) is 30.0 Å². The number of likely N-dealkylation sites (tertiary alicyclic amines) is 1. The molecule has 0 saturated carbocycles. The lowest BCUT2D eigenvalue weighted by Crippen LogP contribution is -2.55. The van der Waals surface area contributed by atoms with Crippen molar-refractivity contribution in [2.45, 2.75) is 38.0 Å². The molecule has 4 rings (SSSR count). The molecule has 0 radical (unpaired) electrons. The second-order valence-corrected chi connectivity index (χ2v) is 7.74. The van der Waals surface area contributed by atoms with Crippen LogP contribution < -0.4 is 4.74 Å². The highest BCUT2D eigenvalue weighted by atomic mass is 19.1. The van der Waals surface area contributed by atoms with Gasteiger partial charge >= 0.3 is 0 Å². The van der Waals surface area contributed by atoms with Crippen LogP contribution in [0, 0.1) is 5.82 Å². The summed E-state index contributed by atoms with van der Waals surface area (Å²) >= 11 is 0. The van der Waals surface area contributed by atoms with E-state index in [1.807, 2.05) is 4.90 Å². The SMILES string of the molecule is O=C1CO[C@H](COc2ccc(F)cc2)CN1C1CCN(CCCn2cnnn2)CC1. The van der Waals surface area contributed by atoms with E-state index in [2.05, 4.69) is 20.4 Å². The van der Waals surface area contributed by atoms with Gasteiger partial charge in [-0.15, -0.1) is 5.10 Å². The highest BCUT2D eigenvalue weighted by molar-refractivity contribution is 5.78. The highest BCUT2D eigenvalue weighted by Gasteiger charge is 2.33. The lowest BCUT2D eigenvalue weighted by molar-refractivity contribution is -0.155. The largest absolute Gasteiger partial charge is 0.491 e. The Labute approximate surface area is 174 Å². The van der Waals surface area contributed by atoms with E-state index in [1.165, 1.54) is 12.1 Å². The minimum absolute atomic E-state index is 0.0464. The van der Waals surface area contributed by atoms with Gasteiger partial charge in [0.05, 0.1) is 6.54 Å². The van der Waals surface area contributed by atoms with Crippen molar-refractivity contribution >= 4 is 5.91 Å². The molecule has 30 heavy (non-hydrogen) atoms. The maximum absolute atomic E-state index is 13.0. The molecule has 0 N–H and O–H groups in total. The summed E-state index contributed by atoms with van der Waals surface area (Å²) < 4.78 is 26.1. The van der Waals surface area contributed by atoms with Crippen LogP contribution in [0.1, 0.15) is 19.3 Å². The summed E-state index contributed by atoms with van der Waals surface area (Å²) in [4.78, 5) is 16.8. The Kier molecular flexibility index (Phi) is 6.85. The molecule has 2 saturated heterocycles. The van der Waals surface area contributed by atoms with Gasteiger partial charge in [-0.05, 0) is 60.5 Å². The highest BCUT2D eigenvalue weighted by Crippen LogP contribution is 2.21. The average Bonchev–Trinajstić information content (AvgIpc) is 3.28. The van der Waals surface area contributed by atoms with Gasteiger partial charge in [-0.1, -0.05) is 0 Å². The Balaban J connectivity index is 1.20. The molecule has 0 bridgehead atoms. The molecule has 3 heterocycles. The number of amides is 1. The molecular weight excluding hydrogens is 391 g/mol. The number of piperidine rings is 1. The summed E-state index contributed by atoms with van der Waals surface area (Å²) in [6.45, 7) is 4.71. The molecular formula is C20H27FN6O3. The first-order valence-corrected chi connectivity index (χ1v) is 10.4. The number of rotatable bonds is 8. The van der Waals surface area contributed by atoms with Gasteiger partial charge in [0, 0.05) is 25.7 Å². The van der Waals surface area contributed by atoms with Crippen molar-refractivity contribution in [1.29, 1.82) is 0 Å². The zero-order valence-electron chi connectivity index (χ0n) is 16.9. The van der Waals surface area contributed by atoms with E-state index in [0.29, 0.717) is 18.9 Å². The number of aromatic nitrogens is 4. The predicted octanol–water partition coefficient (Wildman–Crippen LogP) is 0.973. The monoisotopic (exact) mass is 418 g/mol. The number of hydrogen-bond donors (Lipinski definition) is 0. The Morgan fingerprint density at radius 1 is 1.17 bits per heavy atom. The number of halogens is 1. The van der Waals surface area contributed by atoms with E-state index in [4.69, 9.17) is 9.47 Å². The number of tetrazole rings is 1. The van der Waals surface area contributed by atoms with Gasteiger partial charge in [-0.3, -0.25) is 4.79 Å². The fraction of sp³-hybridized carbons (Fsp3) is 0.600. The van der Waals surface area contributed by atoms with E-state index in [1.54, 1.807) is 23.1 Å². The molecule has 1 aromatic carbocycles. The third-order valence-corrected chi connectivity index (χ3v) is 5.66. The van der Waals surface area contributed by atoms with Crippen molar-refractivity contribution in [3.8, 4) is 5.75 Å². The third kappa shape index (κ3) is 5.51. The van der Waals surface area contributed by atoms with Crippen LogP contribution in [-0.4, -0.2) is 87.5 Å². The van der Waals surface area contributed by atoms with E-state index in [-0.39, 0.29) is 30.5 Å². The van der Waals surface area contributed by atoms with Crippen molar-refractivity contribution in [3.05, 3.63) is 36.4 Å². The van der Waals surface area contributed by atoms with Gasteiger partial charge in [-0.2, -0.15) is 0 Å². The number of aryl methyl sites for hydroxylation is 1. The topological polar surface area (TPSA) is 85.6 Å². The number of morpholine rings is 1. The Bertz CT molecular complexity index is 795. The van der Waals surface area contributed by atoms with Crippen LogP contribution >= 0.6 is 0 Å². The molecule has 2 aromatic rings. The summed E-state index contributed by atoms with van der Waals surface area (Å²) in [6.07, 6.45) is 4.37. The summed E-state index contributed by atoms with van der Waals surface area (Å²) in [6, 6.07) is 6.16. The number of hydrogen-bond acceptors (Lipinski definition) is 7. The Morgan fingerprint density at radius 2 is 1.97 bits per heavy atom. The zero-order valence-corrected chi connectivity index (χ0v) is 16.9. The summed E-state index contributed by atoms with van der Waals surface area (Å²) in [5.74, 6) is 0.346. The summed E-state index contributed by atoms with van der Waals surface area (Å²) in [5, 5.41) is 11.2. The number of carbonyl (C=O) groups excluding carboxylic acids is 1. The first-order chi connectivity index (χ1) is 14.7. The van der Waals surface area contributed by atoms with Crippen molar-refractivity contribution in [3.63, 3.8) is 0 Å². The number of carbonyl (C=O) groups is 1. The van der Waals surface area contributed by atoms with Crippen LogP contribution in [-0.2, 0) is 16.1 Å². The quantitative estimate of drug-likeness (QED) is 0.632. The van der Waals surface area contributed by atoms with Crippen LogP contribution in [0.5, 0.6) is 5.75 Å². The molecule has 2 aliphatic rings. The minimum Gasteiger partial charge on any atom is -0.491 e. The molecule has 0 aliphatic carbocycles. The zero-order chi connectivity index (χ0) is 20.8. The molecule has 10 heteroatoms. The molecule has 0 unspecified atom stereocenters. The fourth-order valence-corrected chi connectivity index (χ4v) is 4.01. The number of ether oxygens (including phenoxy) is 2. The van der Waals surface area contributed by atoms with Crippen LogP contribution in [0.15, 0.2) is 30.6 Å². The van der Waals surface area contributed by atoms with Crippen LogP contribution in [0.2, 0.25) is 0 Å². The number of nitrogens with zero attached hydrogens (tertiary/aromatic N) is 6. The lowest BCUT2D eigenvalue weighted by Gasteiger charge is -2.42. The second-order valence-electron chi connectivity index (χ2n) is 7.74. The molecule has 2 aliphatic heterocycles.